The Balaban J connectivity index is 1.55. The fourth-order valence-corrected chi connectivity index (χ4v) is 3.19. The van der Waals surface area contributed by atoms with Crippen LogP contribution in [0.2, 0.25) is 0 Å². The van der Waals surface area contributed by atoms with Gasteiger partial charge in [0.2, 0.25) is 17.7 Å². The van der Waals surface area contributed by atoms with Gasteiger partial charge in [0.15, 0.2) is 0 Å². The third kappa shape index (κ3) is 2.22. The standard InChI is InChI=1S/C14H21N3O3/c1-15-12(18)9-11(14(15)20)16-5-7-17(8-6-16)13(19)10-3-2-4-10/h10-11H,2-9H2,1H3. The number of amides is 3. The summed E-state index contributed by atoms with van der Waals surface area (Å²) in [6.45, 7) is 2.74. The van der Waals surface area contributed by atoms with Gasteiger partial charge in [0.1, 0.15) is 0 Å². The molecule has 3 fully saturated rings. The van der Waals surface area contributed by atoms with E-state index in [1.165, 1.54) is 11.3 Å². The molecule has 0 N–H and O–H groups in total. The van der Waals surface area contributed by atoms with Gasteiger partial charge in [-0.1, -0.05) is 6.42 Å². The summed E-state index contributed by atoms with van der Waals surface area (Å²) in [5.41, 5.74) is 0. The van der Waals surface area contributed by atoms with Crippen molar-refractivity contribution in [2.45, 2.75) is 31.7 Å². The second kappa shape index (κ2) is 5.16. The molecule has 1 atom stereocenters. The van der Waals surface area contributed by atoms with Crippen LogP contribution in [0.1, 0.15) is 25.7 Å². The van der Waals surface area contributed by atoms with Crippen LogP contribution in [0.25, 0.3) is 0 Å². The molecule has 3 amide bonds. The summed E-state index contributed by atoms with van der Waals surface area (Å²) in [7, 11) is 1.54. The van der Waals surface area contributed by atoms with Crippen LogP contribution in [-0.4, -0.2) is 71.7 Å². The van der Waals surface area contributed by atoms with Crippen LogP contribution < -0.4 is 0 Å². The van der Waals surface area contributed by atoms with Gasteiger partial charge in [0.25, 0.3) is 0 Å². The lowest BCUT2D eigenvalue weighted by molar-refractivity contribution is -0.141. The summed E-state index contributed by atoms with van der Waals surface area (Å²) in [4.78, 5) is 40.9. The summed E-state index contributed by atoms with van der Waals surface area (Å²) >= 11 is 0. The molecule has 0 bridgehead atoms. The van der Waals surface area contributed by atoms with Gasteiger partial charge < -0.3 is 4.90 Å². The average Bonchev–Trinajstić information content (AvgIpc) is 2.65. The van der Waals surface area contributed by atoms with Gasteiger partial charge in [-0.3, -0.25) is 24.2 Å². The molecule has 0 aromatic rings. The summed E-state index contributed by atoms with van der Waals surface area (Å²) in [5, 5.41) is 0. The van der Waals surface area contributed by atoms with E-state index in [2.05, 4.69) is 0 Å². The maximum atomic E-state index is 12.2. The van der Waals surface area contributed by atoms with E-state index < -0.39 is 0 Å². The lowest BCUT2D eigenvalue weighted by Crippen LogP contribution is -2.55. The number of nitrogens with zero attached hydrogens (tertiary/aromatic N) is 3. The molecule has 2 aliphatic heterocycles. The van der Waals surface area contributed by atoms with E-state index in [9.17, 15) is 14.4 Å². The van der Waals surface area contributed by atoms with Crippen molar-refractivity contribution in [2.75, 3.05) is 33.2 Å². The van der Waals surface area contributed by atoms with Gasteiger partial charge in [-0.2, -0.15) is 0 Å². The van der Waals surface area contributed by atoms with E-state index in [1.54, 1.807) is 7.05 Å². The number of likely N-dealkylation sites (N-methyl/N-ethyl adjacent to an activating group) is 1. The Morgan fingerprint density at radius 2 is 1.75 bits per heavy atom. The highest BCUT2D eigenvalue weighted by molar-refractivity contribution is 6.05. The molecule has 0 spiro atoms. The summed E-state index contributed by atoms with van der Waals surface area (Å²) in [6, 6.07) is -0.312. The molecule has 0 aromatic heterocycles. The summed E-state index contributed by atoms with van der Waals surface area (Å²) in [6.07, 6.45) is 3.51. The topological polar surface area (TPSA) is 60.9 Å². The van der Waals surface area contributed by atoms with E-state index in [4.69, 9.17) is 0 Å². The zero-order valence-electron chi connectivity index (χ0n) is 11.9. The predicted molar refractivity (Wildman–Crippen MR) is 71.7 cm³/mol. The molecule has 2 saturated heterocycles. The van der Waals surface area contributed by atoms with Gasteiger partial charge in [0, 0.05) is 39.1 Å². The number of piperazine rings is 1. The number of likely N-dealkylation sites (tertiary alicyclic amines) is 1. The molecule has 2 heterocycles. The molecule has 3 aliphatic rings. The van der Waals surface area contributed by atoms with Crippen LogP contribution in [0, 0.1) is 5.92 Å². The highest BCUT2D eigenvalue weighted by Crippen LogP contribution is 2.29. The van der Waals surface area contributed by atoms with E-state index in [-0.39, 0.29) is 36.1 Å². The number of hydrogen-bond donors (Lipinski definition) is 0. The molecule has 20 heavy (non-hydrogen) atoms. The van der Waals surface area contributed by atoms with Gasteiger partial charge in [0.05, 0.1) is 12.5 Å². The fourth-order valence-electron chi connectivity index (χ4n) is 3.19. The highest BCUT2D eigenvalue weighted by atomic mass is 16.2. The smallest absolute Gasteiger partial charge is 0.246 e. The second-order valence-electron chi connectivity index (χ2n) is 6.00. The zero-order chi connectivity index (χ0) is 14.3. The Bertz CT molecular complexity index is 439. The summed E-state index contributed by atoms with van der Waals surface area (Å²) < 4.78 is 0. The molecule has 110 valence electrons. The van der Waals surface area contributed by atoms with Gasteiger partial charge >= 0.3 is 0 Å². The molecular formula is C14H21N3O3. The number of carbonyl (C=O) groups excluding carboxylic acids is 3. The number of carbonyl (C=O) groups is 3. The van der Waals surface area contributed by atoms with E-state index in [0.717, 1.165) is 12.8 Å². The van der Waals surface area contributed by atoms with Crippen molar-refractivity contribution in [3.8, 4) is 0 Å². The first-order chi connectivity index (χ1) is 9.58. The van der Waals surface area contributed by atoms with Gasteiger partial charge in [-0.05, 0) is 12.8 Å². The van der Waals surface area contributed by atoms with Crippen LogP contribution in [0.4, 0.5) is 0 Å². The Hall–Kier alpha value is -1.43. The van der Waals surface area contributed by atoms with Crippen molar-refractivity contribution in [2.24, 2.45) is 5.92 Å². The van der Waals surface area contributed by atoms with E-state index >= 15 is 0 Å². The van der Waals surface area contributed by atoms with E-state index in [1.807, 2.05) is 9.80 Å². The third-order valence-electron chi connectivity index (χ3n) is 4.88. The lowest BCUT2D eigenvalue weighted by atomic mass is 9.84. The molecule has 1 saturated carbocycles. The van der Waals surface area contributed by atoms with Gasteiger partial charge in [-0.25, -0.2) is 0 Å². The maximum absolute atomic E-state index is 12.2. The Labute approximate surface area is 118 Å². The minimum absolute atomic E-state index is 0.103. The predicted octanol–water partition coefficient (Wildman–Crippen LogP) is -0.312. The van der Waals surface area contributed by atoms with Crippen LogP contribution in [0.15, 0.2) is 0 Å². The van der Waals surface area contributed by atoms with Crippen molar-refractivity contribution in [3.05, 3.63) is 0 Å². The molecule has 0 aromatic carbocycles. The molecule has 0 radical (unpaired) electrons. The molecule has 1 unspecified atom stereocenters. The van der Waals surface area contributed by atoms with Crippen molar-refractivity contribution in [1.29, 1.82) is 0 Å². The van der Waals surface area contributed by atoms with Crippen molar-refractivity contribution in [3.63, 3.8) is 0 Å². The lowest BCUT2D eigenvalue weighted by Gasteiger charge is -2.39. The van der Waals surface area contributed by atoms with Crippen molar-refractivity contribution >= 4 is 17.7 Å². The van der Waals surface area contributed by atoms with Crippen molar-refractivity contribution < 1.29 is 14.4 Å². The largest absolute Gasteiger partial charge is 0.340 e. The number of hydrogen-bond acceptors (Lipinski definition) is 4. The van der Waals surface area contributed by atoms with Crippen LogP contribution in [-0.2, 0) is 14.4 Å². The Morgan fingerprint density at radius 1 is 1.10 bits per heavy atom. The third-order valence-corrected chi connectivity index (χ3v) is 4.88. The molecular weight excluding hydrogens is 258 g/mol. The van der Waals surface area contributed by atoms with Crippen LogP contribution in [0.5, 0.6) is 0 Å². The molecule has 3 rings (SSSR count). The van der Waals surface area contributed by atoms with Crippen LogP contribution >= 0.6 is 0 Å². The van der Waals surface area contributed by atoms with Crippen molar-refractivity contribution in [1.82, 2.24) is 14.7 Å². The minimum Gasteiger partial charge on any atom is -0.340 e. The molecule has 6 nitrogen and oxygen atoms in total. The summed E-state index contributed by atoms with van der Waals surface area (Å²) in [5.74, 6) is 0.311. The Morgan fingerprint density at radius 3 is 2.20 bits per heavy atom. The average molecular weight is 279 g/mol. The number of imide groups is 1. The monoisotopic (exact) mass is 279 g/mol. The van der Waals surface area contributed by atoms with Gasteiger partial charge in [-0.15, -0.1) is 0 Å². The first-order valence-electron chi connectivity index (χ1n) is 7.41. The SMILES string of the molecule is CN1C(=O)CC(N2CCN(C(=O)C3CCC3)CC2)C1=O. The maximum Gasteiger partial charge on any atom is 0.246 e. The molecule has 6 heteroatoms. The fraction of sp³-hybridized carbons (Fsp3) is 0.786. The van der Waals surface area contributed by atoms with Crippen LogP contribution in [0.3, 0.4) is 0 Å². The zero-order valence-corrected chi connectivity index (χ0v) is 11.9. The minimum atomic E-state index is -0.312. The first-order valence-corrected chi connectivity index (χ1v) is 7.41. The van der Waals surface area contributed by atoms with E-state index in [0.29, 0.717) is 26.2 Å². The normalized spacial score (nSPS) is 28.9. The second-order valence-corrected chi connectivity index (χ2v) is 6.00. The first kappa shape index (κ1) is 13.5. The molecule has 1 aliphatic carbocycles. The number of rotatable bonds is 2. The highest BCUT2D eigenvalue weighted by Gasteiger charge is 2.41. The Kier molecular flexibility index (Phi) is 3.50. The quantitative estimate of drug-likeness (QED) is 0.651.